The molecule has 0 bridgehead atoms. The minimum Gasteiger partial charge on any atom is -0.309 e. The average Bonchev–Trinajstić information content (AvgIpc) is 4.03. The Morgan fingerprint density at radius 1 is 0.404 bits per heavy atom. The van der Waals surface area contributed by atoms with Crippen LogP contribution in [-0.2, 0) is 0 Å². The number of benzene rings is 8. The van der Waals surface area contributed by atoms with Crippen LogP contribution in [-0.4, -0.2) is 23.9 Å². The molecule has 0 spiro atoms. The van der Waals surface area contributed by atoms with Crippen molar-refractivity contribution in [1.82, 2.24) is 23.9 Å². The summed E-state index contributed by atoms with van der Waals surface area (Å²) in [5.74, 6) is 0.708. The summed E-state index contributed by atoms with van der Waals surface area (Å²) in [6, 6.07) is 62.7. The highest BCUT2D eigenvalue weighted by Crippen LogP contribution is 2.47. The van der Waals surface area contributed by atoms with Crippen molar-refractivity contribution in [2.75, 3.05) is 0 Å². The number of rotatable bonds is 4. The second-order valence-corrected chi connectivity index (χ2v) is 15.8. The highest BCUT2D eigenvalue weighted by atomic mass is 32.1. The second-order valence-electron chi connectivity index (χ2n) is 14.8. The van der Waals surface area contributed by atoms with Crippen LogP contribution in [0, 0.1) is 0 Å². The fourth-order valence-electron chi connectivity index (χ4n) is 9.19. The van der Waals surface area contributed by atoms with Crippen molar-refractivity contribution in [1.29, 1.82) is 0 Å². The molecule has 13 rings (SSSR count). The first-order chi connectivity index (χ1) is 28.3. The average molecular weight is 744 g/mol. The van der Waals surface area contributed by atoms with Gasteiger partial charge in [-0.3, -0.25) is 0 Å². The van der Waals surface area contributed by atoms with E-state index in [2.05, 4.69) is 185 Å². The lowest BCUT2D eigenvalue weighted by Gasteiger charge is -2.11. The largest absolute Gasteiger partial charge is 0.309 e. The third-order valence-electron chi connectivity index (χ3n) is 11.7. The van der Waals surface area contributed by atoms with Gasteiger partial charge in [0.2, 0.25) is 0 Å². The zero-order valence-corrected chi connectivity index (χ0v) is 31.2. The van der Waals surface area contributed by atoms with Gasteiger partial charge in [-0.15, -0.1) is 11.3 Å². The zero-order valence-electron chi connectivity index (χ0n) is 30.4. The minimum absolute atomic E-state index is 0.708. The van der Waals surface area contributed by atoms with E-state index in [0.717, 1.165) is 55.0 Å². The molecule has 5 nitrogen and oxygen atoms in total. The van der Waals surface area contributed by atoms with Crippen LogP contribution >= 0.6 is 11.3 Å². The van der Waals surface area contributed by atoms with Crippen LogP contribution in [0.1, 0.15) is 0 Å². The molecule has 264 valence electrons. The van der Waals surface area contributed by atoms with Crippen LogP contribution in [0.3, 0.4) is 0 Å². The van der Waals surface area contributed by atoms with Crippen LogP contribution in [0.5, 0.6) is 0 Å². The van der Waals surface area contributed by atoms with Crippen LogP contribution in [0.15, 0.2) is 176 Å². The first kappa shape index (κ1) is 30.9. The highest BCUT2D eigenvalue weighted by molar-refractivity contribution is 7.22. The molecule has 0 amide bonds. The Labute approximate surface area is 329 Å². The first-order valence-electron chi connectivity index (χ1n) is 19.2. The van der Waals surface area contributed by atoms with E-state index in [-0.39, 0.29) is 0 Å². The molecular weight excluding hydrogens is 715 g/mol. The lowest BCUT2D eigenvalue weighted by atomic mass is 10.0. The summed E-state index contributed by atoms with van der Waals surface area (Å²) in [4.78, 5) is 15.9. The Morgan fingerprint density at radius 3 is 1.88 bits per heavy atom. The molecule has 0 saturated carbocycles. The number of hydrogen-bond donors (Lipinski definition) is 0. The van der Waals surface area contributed by atoms with Crippen molar-refractivity contribution in [3.8, 4) is 38.9 Å². The maximum atomic E-state index is 5.43. The molecule has 0 N–H and O–H groups in total. The van der Waals surface area contributed by atoms with E-state index >= 15 is 0 Å². The fraction of sp³-hybridized carbons (Fsp3) is 0. The minimum atomic E-state index is 0.708. The van der Waals surface area contributed by atoms with Crippen molar-refractivity contribution < 1.29 is 0 Å². The van der Waals surface area contributed by atoms with E-state index in [0.29, 0.717) is 5.82 Å². The molecule has 0 aliphatic carbocycles. The second kappa shape index (κ2) is 11.6. The zero-order chi connectivity index (χ0) is 37.2. The summed E-state index contributed by atoms with van der Waals surface area (Å²) in [6.07, 6.45) is 0. The van der Waals surface area contributed by atoms with Gasteiger partial charge in [-0.05, 0) is 66.7 Å². The summed E-state index contributed by atoms with van der Waals surface area (Å²) < 4.78 is 6.00. The van der Waals surface area contributed by atoms with Gasteiger partial charge in [-0.25, -0.2) is 15.0 Å². The number of nitrogens with zero attached hydrogens (tertiary/aromatic N) is 5. The Morgan fingerprint density at radius 2 is 1.04 bits per heavy atom. The van der Waals surface area contributed by atoms with Gasteiger partial charge in [0.1, 0.15) is 5.01 Å². The normalized spacial score (nSPS) is 12.2. The molecule has 8 aromatic carbocycles. The van der Waals surface area contributed by atoms with Crippen LogP contribution in [0.2, 0.25) is 0 Å². The predicted molar refractivity (Wildman–Crippen MR) is 238 cm³/mol. The van der Waals surface area contributed by atoms with Crippen molar-refractivity contribution >= 4 is 92.4 Å². The molecule has 5 aromatic heterocycles. The van der Waals surface area contributed by atoms with Crippen molar-refractivity contribution in [3.05, 3.63) is 176 Å². The summed E-state index contributed by atoms with van der Waals surface area (Å²) in [6.45, 7) is 0. The van der Waals surface area contributed by atoms with Gasteiger partial charge in [0.05, 0.1) is 49.0 Å². The highest BCUT2D eigenvalue weighted by Gasteiger charge is 2.23. The Kier molecular flexibility index (Phi) is 6.26. The first-order valence-corrected chi connectivity index (χ1v) is 20.0. The summed E-state index contributed by atoms with van der Waals surface area (Å²) in [5.41, 5.74) is 13.2. The molecule has 0 unspecified atom stereocenters. The van der Waals surface area contributed by atoms with Gasteiger partial charge in [0, 0.05) is 60.1 Å². The number of thiazole rings is 1. The number of hydrogen-bond acceptors (Lipinski definition) is 4. The lowest BCUT2D eigenvalue weighted by Crippen LogP contribution is -1.96. The van der Waals surface area contributed by atoms with E-state index in [1.54, 1.807) is 11.3 Å². The molecule has 6 heteroatoms. The molecule has 0 aliphatic heterocycles. The summed E-state index contributed by atoms with van der Waals surface area (Å²) in [7, 11) is 0. The molecule has 0 saturated heterocycles. The molecule has 13 aromatic rings. The van der Waals surface area contributed by atoms with Crippen molar-refractivity contribution in [2.45, 2.75) is 0 Å². The SMILES string of the molecule is c1ccc(-c2nc3cc4c5ccccc5n5c6ccc(-c7nc(-c8ccc9c(c8)c8ccccc8n9-c8ccccc8)nc8ccccc78)cc6c(c3s2)c45)cc1. The van der Waals surface area contributed by atoms with Gasteiger partial charge < -0.3 is 8.97 Å². The van der Waals surface area contributed by atoms with Crippen LogP contribution in [0.25, 0.3) is 120 Å². The third kappa shape index (κ3) is 4.36. The fourth-order valence-corrected chi connectivity index (χ4v) is 10.3. The lowest BCUT2D eigenvalue weighted by molar-refractivity contribution is 1.18. The van der Waals surface area contributed by atoms with E-state index in [1.807, 2.05) is 0 Å². The molecule has 0 radical (unpaired) electrons. The third-order valence-corrected chi connectivity index (χ3v) is 12.8. The van der Waals surface area contributed by atoms with Crippen molar-refractivity contribution in [2.24, 2.45) is 0 Å². The molecule has 0 fully saturated rings. The van der Waals surface area contributed by atoms with Gasteiger partial charge in [0.15, 0.2) is 5.82 Å². The summed E-state index contributed by atoms with van der Waals surface area (Å²) in [5, 5.41) is 9.36. The van der Waals surface area contributed by atoms with E-state index in [9.17, 15) is 0 Å². The number of para-hydroxylation sites is 4. The Hall–Kier alpha value is -7.41. The monoisotopic (exact) mass is 743 g/mol. The standard InChI is InChI=1S/C51H29N5S/c1-3-13-30(14-4-1)51-53-41-29-38-35-18-9-12-22-43(35)56-45-25-23-31(27-39(45)46(48(38)56)49(41)57-51)47-36-19-7-10-20-40(36)52-50(54-47)32-24-26-44-37(28-32)34-17-8-11-21-42(34)55(44)33-15-5-2-6-16-33/h1-29H. The molecule has 57 heavy (non-hydrogen) atoms. The van der Waals surface area contributed by atoms with Gasteiger partial charge in [-0.1, -0.05) is 109 Å². The molecule has 0 aliphatic rings. The molecular formula is C51H29N5S. The van der Waals surface area contributed by atoms with Crippen LogP contribution < -0.4 is 0 Å². The van der Waals surface area contributed by atoms with E-state index in [4.69, 9.17) is 15.0 Å². The molecule has 5 heterocycles. The van der Waals surface area contributed by atoms with Gasteiger partial charge in [0.25, 0.3) is 0 Å². The summed E-state index contributed by atoms with van der Waals surface area (Å²) >= 11 is 1.78. The quantitative estimate of drug-likeness (QED) is 0.180. The Bertz CT molecular complexity index is 3750. The number of aromatic nitrogens is 5. The number of fused-ring (bicyclic) bond motifs is 12. The topological polar surface area (TPSA) is 48.0 Å². The van der Waals surface area contributed by atoms with E-state index in [1.165, 1.54) is 59.1 Å². The van der Waals surface area contributed by atoms with Gasteiger partial charge in [-0.2, -0.15) is 0 Å². The predicted octanol–water partition coefficient (Wildman–Crippen LogP) is 13.5. The van der Waals surface area contributed by atoms with Crippen LogP contribution in [0.4, 0.5) is 0 Å². The van der Waals surface area contributed by atoms with Crippen molar-refractivity contribution in [3.63, 3.8) is 0 Å². The van der Waals surface area contributed by atoms with E-state index < -0.39 is 0 Å². The smallest absolute Gasteiger partial charge is 0.160 e. The molecule has 0 atom stereocenters. The maximum absolute atomic E-state index is 5.43. The Balaban J connectivity index is 1.06. The van der Waals surface area contributed by atoms with Gasteiger partial charge >= 0.3 is 0 Å². The maximum Gasteiger partial charge on any atom is 0.160 e.